The minimum Gasteiger partial charge on any atom is -0.387 e. The predicted molar refractivity (Wildman–Crippen MR) is 123 cm³/mol. The summed E-state index contributed by atoms with van der Waals surface area (Å²) in [6.07, 6.45) is -6.56. The van der Waals surface area contributed by atoms with Crippen LogP contribution in [0.15, 0.2) is 91.0 Å². The van der Waals surface area contributed by atoms with E-state index in [2.05, 4.69) is 0 Å². The highest BCUT2D eigenvalue weighted by Crippen LogP contribution is 2.47. The van der Waals surface area contributed by atoms with Crippen LogP contribution in [0, 0.1) is 0 Å². The fourth-order valence-corrected chi connectivity index (χ4v) is 5.05. The highest BCUT2D eigenvalue weighted by molar-refractivity contribution is 5.32. The third-order valence-electron chi connectivity index (χ3n) is 6.94. The van der Waals surface area contributed by atoms with Crippen LogP contribution in [0.2, 0.25) is 0 Å². The second kappa shape index (κ2) is 8.99. The quantitative estimate of drug-likeness (QED) is 0.333. The number of aliphatic hydroxyl groups is 6. The van der Waals surface area contributed by atoms with Gasteiger partial charge in [-0.2, -0.15) is 0 Å². The summed E-state index contributed by atoms with van der Waals surface area (Å²) < 4.78 is 0. The molecule has 1 saturated carbocycles. The fraction of sp³-hybridized carbons (Fsp3) is 0.333. The third-order valence-corrected chi connectivity index (χ3v) is 6.94. The van der Waals surface area contributed by atoms with Crippen molar-refractivity contribution in [2.75, 3.05) is 0 Å². The Labute approximate surface area is 193 Å². The van der Waals surface area contributed by atoms with Crippen LogP contribution in [0.3, 0.4) is 0 Å². The largest absolute Gasteiger partial charge is 0.387 e. The first-order chi connectivity index (χ1) is 15.7. The Morgan fingerprint density at radius 3 is 1.27 bits per heavy atom. The van der Waals surface area contributed by atoms with Crippen molar-refractivity contribution >= 4 is 0 Å². The first-order valence-corrected chi connectivity index (χ1v) is 11.0. The summed E-state index contributed by atoms with van der Waals surface area (Å²) >= 11 is 0. The van der Waals surface area contributed by atoms with Gasteiger partial charge in [0.05, 0.1) is 0 Å². The van der Waals surface area contributed by atoms with Crippen molar-refractivity contribution in [3.63, 3.8) is 0 Å². The van der Waals surface area contributed by atoms with Crippen molar-refractivity contribution in [1.82, 2.24) is 0 Å². The molecular weight excluding hydrogens is 420 g/mol. The van der Waals surface area contributed by atoms with Crippen molar-refractivity contribution in [1.29, 1.82) is 0 Å². The van der Waals surface area contributed by atoms with Crippen LogP contribution < -0.4 is 0 Å². The predicted octanol–water partition coefficient (Wildman–Crippen LogP) is 1.00. The van der Waals surface area contributed by atoms with Gasteiger partial charge < -0.3 is 30.6 Å². The monoisotopic (exact) mass is 450 g/mol. The molecule has 0 heterocycles. The molecule has 6 atom stereocenters. The van der Waals surface area contributed by atoms with Crippen molar-refractivity contribution < 1.29 is 30.6 Å². The molecule has 6 heteroatoms. The molecule has 1 aliphatic rings. The van der Waals surface area contributed by atoms with E-state index < -0.39 is 35.1 Å². The fourth-order valence-electron chi connectivity index (χ4n) is 5.05. The van der Waals surface area contributed by atoms with Gasteiger partial charge in [0.1, 0.15) is 35.1 Å². The molecule has 0 bridgehead atoms. The number of rotatable bonds is 6. The van der Waals surface area contributed by atoms with Crippen molar-refractivity contribution in [3.05, 3.63) is 108 Å². The molecule has 0 aliphatic heterocycles. The molecule has 0 radical (unpaired) electrons. The average Bonchev–Trinajstić information content (AvgIpc) is 2.83. The van der Waals surface area contributed by atoms with E-state index in [1.54, 1.807) is 91.0 Å². The van der Waals surface area contributed by atoms with Gasteiger partial charge in [-0.25, -0.2) is 0 Å². The van der Waals surface area contributed by atoms with Crippen LogP contribution in [0.4, 0.5) is 0 Å². The zero-order valence-electron chi connectivity index (χ0n) is 18.2. The number of hydrogen-bond donors (Lipinski definition) is 6. The standard InChI is InChI=1S/C27H30O6/c28-22-23(29)26(32,17-20-12-6-2-7-13-20)27(33,18-21-14-8-3-9-15-21)24(30)25(22,31)16-19-10-4-1-5-11-19/h1-15,22-24,28-33H,16-18H2. The molecule has 0 spiro atoms. The van der Waals surface area contributed by atoms with Crippen LogP contribution in [0.25, 0.3) is 0 Å². The topological polar surface area (TPSA) is 121 Å². The lowest BCUT2D eigenvalue weighted by Gasteiger charge is -2.59. The first kappa shape index (κ1) is 23.6. The third kappa shape index (κ3) is 4.10. The molecule has 0 amide bonds. The lowest BCUT2D eigenvalue weighted by atomic mass is 9.56. The SMILES string of the molecule is OC1C(O)C(O)(Cc2ccccc2)C(O)(Cc2ccccc2)C(O)C1(O)Cc1ccccc1. The van der Waals surface area contributed by atoms with Crippen molar-refractivity contribution in [2.45, 2.75) is 54.4 Å². The molecule has 4 rings (SSSR count). The first-order valence-electron chi connectivity index (χ1n) is 11.0. The smallest absolute Gasteiger partial charge is 0.129 e. The van der Waals surface area contributed by atoms with Crippen LogP contribution in [0.5, 0.6) is 0 Å². The normalized spacial score (nSPS) is 34.2. The van der Waals surface area contributed by atoms with Crippen molar-refractivity contribution in [3.8, 4) is 0 Å². The molecule has 6 N–H and O–H groups in total. The number of hydrogen-bond acceptors (Lipinski definition) is 6. The minimum atomic E-state index is -2.38. The average molecular weight is 451 g/mol. The van der Waals surface area contributed by atoms with Gasteiger partial charge in [-0.1, -0.05) is 91.0 Å². The summed E-state index contributed by atoms with van der Waals surface area (Å²) in [6.45, 7) is 0. The maximum Gasteiger partial charge on any atom is 0.129 e. The van der Waals surface area contributed by atoms with E-state index in [1.165, 1.54) is 0 Å². The number of aliphatic hydroxyl groups excluding tert-OH is 3. The lowest BCUT2D eigenvalue weighted by molar-refractivity contribution is -0.340. The van der Waals surface area contributed by atoms with Gasteiger partial charge in [0.25, 0.3) is 0 Å². The maximum atomic E-state index is 11.9. The zero-order chi connectivity index (χ0) is 23.7. The Morgan fingerprint density at radius 1 is 0.485 bits per heavy atom. The summed E-state index contributed by atoms with van der Waals surface area (Å²) in [5, 5.41) is 68.9. The summed E-state index contributed by atoms with van der Waals surface area (Å²) in [5.74, 6) is 0. The van der Waals surface area contributed by atoms with Gasteiger partial charge in [-0.15, -0.1) is 0 Å². The Hall–Kier alpha value is -2.58. The Bertz CT molecular complexity index is 1050. The van der Waals surface area contributed by atoms with E-state index in [4.69, 9.17) is 0 Å². The molecule has 3 aromatic rings. The molecule has 0 saturated heterocycles. The van der Waals surface area contributed by atoms with Crippen molar-refractivity contribution in [2.24, 2.45) is 0 Å². The van der Waals surface area contributed by atoms with E-state index >= 15 is 0 Å². The summed E-state index contributed by atoms with van der Waals surface area (Å²) in [4.78, 5) is 0. The van der Waals surface area contributed by atoms with Gasteiger partial charge >= 0.3 is 0 Å². The number of benzene rings is 3. The summed E-state index contributed by atoms with van der Waals surface area (Å²) in [5.41, 5.74) is -5.26. The molecule has 6 nitrogen and oxygen atoms in total. The molecule has 1 fully saturated rings. The Balaban J connectivity index is 1.81. The van der Waals surface area contributed by atoms with Crippen LogP contribution in [0.1, 0.15) is 16.7 Å². The molecule has 1 aliphatic carbocycles. The van der Waals surface area contributed by atoms with Gasteiger partial charge in [0, 0.05) is 19.3 Å². The van der Waals surface area contributed by atoms with Crippen LogP contribution in [-0.4, -0.2) is 65.8 Å². The van der Waals surface area contributed by atoms with Gasteiger partial charge in [0.15, 0.2) is 0 Å². The molecule has 3 aromatic carbocycles. The highest BCUT2D eigenvalue weighted by Gasteiger charge is 2.71. The molecular formula is C27H30O6. The second-order valence-corrected chi connectivity index (χ2v) is 9.12. The lowest BCUT2D eigenvalue weighted by Crippen LogP contribution is -2.83. The second-order valence-electron chi connectivity index (χ2n) is 9.12. The molecule has 0 aromatic heterocycles. The summed E-state index contributed by atoms with van der Waals surface area (Å²) in [6, 6.07) is 26.2. The van der Waals surface area contributed by atoms with Gasteiger partial charge in [-0.05, 0) is 16.7 Å². The van der Waals surface area contributed by atoms with Crippen LogP contribution >= 0.6 is 0 Å². The minimum absolute atomic E-state index is 0.230. The Morgan fingerprint density at radius 2 is 0.848 bits per heavy atom. The van der Waals surface area contributed by atoms with E-state index in [0.29, 0.717) is 16.7 Å². The van der Waals surface area contributed by atoms with Gasteiger partial charge in [-0.3, -0.25) is 0 Å². The van der Waals surface area contributed by atoms with E-state index in [1.807, 2.05) is 0 Å². The van der Waals surface area contributed by atoms with E-state index in [0.717, 1.165) is 0 Å². The molecule has 33 heavy (non-hydrogen) atoms. The molecule has 174 valence electrons. The molecule has 6 unspecified atom stereocenters. The van der Waals surface area contributed by atoms with Crippen LogP contribution in [-0.2, 0) is 19.3 Å². The zero-order valence-corrected chi connectivity index (χ0v) is 18.2. The highest BCUT2D eigenvalue weighted by atomic mass is 16.4. The van der Waals surface area contributed by atoms with Gasteiger partial charge in [0.2, 0.25) is 0 Å². The maximum absolute atomic E-state index is 11.9. The van der Waals surface area contributed by atoms with E-state index in [9.17, 15) is 30.6 Å². The van der Waals surface area contributed by atoms with E-state index in [-0.39, 0.29) is 19.3 Å². The summed E-state index contributed by atoms with van der Waals surface area (Å²) in [7, 11) is 0. The Kier molecular flexibility index (Phi) is 6.42.